The third-order valence-corrected chi connectivity index (χ3v) is 2.91. The van der Waals surface area contributed by atoms with Crippen LogP contribution in [0, 0.1) is 11.6 Å². The van der Waals surface area contributed by atoms with Gasteiger partial charge in [-0.2, -0.15) is 0 Å². The average Bonchev–Trinajstić information content (AvgIpc) is 3.19. The van der Waals surface area contributed by atoms with Crippen LogP contribution < -0.4 is 5.32 Å². The summed E-state index contributed by atoms with van der Waals surface area (Å²) in [6, 6.07) is 8.14. The van der Waals surface area contributed by atoms with Crippen molar-refractivity contribution in [2.45, 2.75) is 0 Å². The standard InChI is InChI=1S/C16H10F2N2O3/c17-12-5-3-10(8-13(12)18)14-9-16(23-20-14)19-15(21)6-4-11-2-1-7-22-11/h1-9H,(H,19,21). The second-order valence-corrected chi connectivity index (χ2v) is 4.54. The van der Waals surface area contributed by atoms with Crippen LogP contribution in [0.1, 0.15) is 5.76 Å². The summed E-state index contributed by atoms with van der Waals surface area (Å²) in [5.41, 5.74) is 0.605. The number of hydrogen-bond donors (Lipinski definition) is 1. The molecular weight excluding hydrogens is 306 g/mol. The Morgan fingerprint density at radius 1 is 1.17 bits per heavy atom. The van der Waals surface area contributed by atoms with Crippen LogP contribution in [0.25, 0.3) is 17.3 Å². The highest BCUT2D eigenvalue weighted by molar-refractivity contribution is 6.01. The van der Waals surface area contributed by atoms with Gasteiger partial charge in [-0.3, -0.25) is 10.1 Å². The lowest BCUT2D eigenvalue weighted by Gasteiger charge is -1.96. The molecule has 0 atom stereocenters. The molecule has 0 aliphatic rings. The molecule has 0 radical (unpaired) electrons. The maximum absolute atomic E-state index is 13.2. The summed E-state index contributed by atoms with van der Waals surface area (Å²) in [6.45, 7) is 0. The number of nitrogens with one attached hydrogen (secondary N) is 1. The predicted octanol–water partition coefficient (Wildman–Crippen LogP) is 3.86. The monoisotopic (exact) mass is 316 g/mol. The first-order chi connectivity index (χ1) is 11.1. The number of anilines is 1. The van der Waals surface area contributed by atoms with Gasteiger partial charge in [0, 0.05) is 17.7 Å². The Morgan fingerprint density at radius 3 is 2.78 bits per heavy atom. The van der Waals surface area contributed by atoms with Crippen molar-refractivity contribution in [3.63, 3.8) is 0 Å². The van der Waals surface area contributed by atoms with Crippen molar-refractivity contribution in [3.8, 4) is 11.3 Å². The quantitative estimate of drug-likeness (QED) is 0.742. The number of carbonyl (C=O) groups excluding carboxylic acids is 1. The van der Waals surface area contributed by atoms with E-state index < -0.39 is 17.5 Å². The normalized spacial score (nSPS) is 11.0. The Labute approximate surface area is 129 Å². The van der Waals surface area contributed by atoms with Gasteiger partial charge in [0.1, 0.15) is 11.5 Å². The van der Waals surface area contributed by atoms with Crippen LogP contribution in [0.2, 0.25) is 0 Å². The molecule has 2 heterocycles. The van der Waals surface area contributed by atoms with E-state index in [0.717, 1.165) is 12.1 Å². The summed E-state index contributed by atoms with van der Waals surface area (Å²) in [4.78, 5) is 11.7. The molecule has 3 rings (SSSR count). The van der Waals surface area contributed by atoms with E-state index in [1.807, 2.05) is 0 Å². The highest BCUT2D eigenvalue weighted by Crippen LogP contribution is 2.23. The second kappa shape index (κ2) is 6.27. The number of aromatic nitrogens is 1. The fourth-order valence-electron chi connectivity index (χ4n) is 1.83. The number of rotatable bonds is 4. The first-order valence-electron chi connectivity index (χ1n) is 6.56. The van der Waals surface area contributed by atoms with E-state index >= 15 is 0 Å². The average molecular weight is 316 g/mol. The Hall–Kier alpha value is -3.22. The van der Waals surface area contributed by atoms with Crippen molar-refractivity contribution >= 4 is 17.9 Å². The summed E-state index contributed by atoms with van der Waals surface area (Å²) < 4.78 is 36.1. The van der Waals surface area contributed by atoms with Gasteiger partial charge >= 0.3 is 0 Å². The van der Waals surface area contributed by atoms with Gasteiger partial charge in [-0.15, -0.1) is 0 Å². The first-order valence-corrected chi connectivity index (χ1v) is 6.56. The predicted molar refractivity (Wildman–Crippen MR) is 78.2 cm³/mol. The van der Waals surface area contributed by atoms with Gasteiger partial charge in [0.15, 0.2) is 11.6 Å². The van der Waals surface area contributed by atoms with Crippen molar-refractivity contribution in [1.82, 2.24) is 5.16 Å². The molecule has 3 aromatic rings. The Bertz CT molecular complexity index is 854. The molecule has 0 saturated carbocycles. The van der Waals surface area contributed by atoms with Crippen molar-refractivity contribution in [2.75, 3.05) is 5.32 Å². The van der Waals surface area contributed by atoms with Crippen LogP contribution in [0.5, 0.6) is 0 Å². The summed E-state index contributed by atoms with van der Waals surface area (Å²) >= 11 is 0. The van der Waals surface area contributed by atoms with E-state index in [9.17, 15) is 13.6 Å². The van der Waals surface area contributed by atoms with Crippen LogP contribution in [0.3, 0.4) is 0 Å². The number of amides is 1. The lowest BCUT2D eigenvalue weighted by molar-refractivity contribution is -0.112. The summed E-state index contributed by atoms with van der Waals surface area (Å²) in [6.07, 6.45) is 4.24. The van der Waals surface area contributed by atoms with Crippen LogP contribution in [0.15, 0.2) is 57.7 Å². The van der Waals surface area contributed by atoms with Gasteiger partial charge in [0.2, 0.25) is 5.88 Å². The molecule has 0 aliphatic heterocycles. The maximum Gasteiger partial charge on any atom is 0.250 e. The second-order valence-electron chi connectivity index (χ2n) is 4.54. The van der Waals surface area contributed by atoms with Gasteiger partial charge in [-0.25, -0.2) is 8.78 Å². The van der Waals surface area contributed by atoms with Crippen molar-refractivity contribution in [1.29, 1.82) is 0 Å². The molecule has 0 spiro atoms. The first kappa shape index (κ1) is 14.7. The molecule has 23 heavy (non-hydrogen) atoms. The van der Waals surface area contributed by atoms with E-state index in [0.29, 0.717) is 11.3 Å². The SMILES string of the molecule is O=C(C=Cc1ccco1)Nc1cc(-c2ccc(F)c(F)c2)no1. The molecule has 0 unspecified atom stereocenters. The largest absolute Gasteiger partial charge is 0.465 e. The lowest BCUT2D eigenvalue weighted by Crippen LogP contribution is -2.06. The number of halogens is 2. The molecule has 0 saturated heterocycles. The fraction of sp³-hybridized carbons (Fsp3) is 0. The van der Waals surface area contributed by atoms with Crippen molar-refractivity contribution in [2.24, 2.45) is 0 Å². The fourth-order valence-corrected chi connectivity index (χ4v) is 1.83. The van der Waals surface area contributed by atoms with Gasteiger partial charge in [0.25, 0.3) is 5.91 Å². The molecule has 1 aromatic carbocycles. The zero-order valence-electron chi connectivity index (χ0n) is 11.6. The lowest BCUT2D eigenvalue weighted by atomic mass is 10.1. The van der Waals surface area contributed by atoms with E-state index in [1.165, 1.54) is 30.5 Å². The number of furan rings is 1. The highest BCUT2D eigenvalue weighted by Gasteiger charge is 2.10. The molecule has 0 aliphatic carbocycles. The van der Waals surface area contributed by atoms with Crippen LogP contribution in [-0.4, -0.2) is 11.1 Å². The topological polar surface area (TPSA) is 68.3 Å². The van der Waals surface area contributed by atoms with E-state index in [1.54, 1.807) is 12.1 Å². The number of hydrogen-bond acceptors (Lipinski definition) is 4. The molecule has 116 valence electrons. The third kappa shape index (κ3) is 3.52. The number of benzene rings is 1. The van der Waals surface area contributed by atoms with Crippen molar-refractivity contribution < 1.29 is 22.5 Å². The zero-order valence-corrected chi connectivity index (χ0v) is 11.6. The minimum absolute atomic E-state index is 0.0822. The van der Waals surface area contributed by atoms with E-state index in [4.69, 9.17) is 8.94 Å². The van der Waals surface area contributed by atoms with Gasteiger partial charge < -0.3 is 8.94 Å². The molecule has 7 heteroatoms. The summed E-state index contributed by atoms with van der Waals surface area (Å²) in [7, 11) is 0. The molecule has 5 nitrogen and oxygen atoms in total. The van der Waals surface area contributed by atoms with Crippen molar-refractivity contribution in [3.05, 3.63) is 66.1 Å². The third-order valence-electron chi connectivity index (χ3n) is 2.91. The number of nitrogens with zero attached hydrogens (tertiary/aromatic N) is 1. The molecule has 0 fully saturated rings. The van der Waals surface area contributed by atoms with Gasteiger partial charge in [0.05, 0.1) is 6.26 Å². The maximum atomic E-state index is 13.2. The summed E-state index contributed by atoms with van der Waals surface area (Å²) in [5.74, 6) is -1.78. The van der Waals surface area contributed by atoms with Gasteiger partial charge in [-0.05, 0) is 36.4 Å². The Balaban J connectivity index is 1.69. The van der Waals surface area contributed by atoms with E-state index in [2.05, 4.69) is 10.5 Å². The van der Waals surface area contributed by atoms with Crippen LogP contribution >= 0.6 is 0 Å². The molecule has 0 bridgehead atoms. The molecular formula is C16H10F2N2O3. The minimum atomic E-state index is -0.988. The van der Waals surface area contributed by atoms with Crippen LogP contribution in [-0.2, 0) is 4.79 Å². The minimum Gasteiger partial charge on any atom is -0.465 e. The molecule has 1 N–H and O–H groups in total. The number of carbonyl (C=O) groups is 1. The van der Waals surface area contributed by atoms with Crippen LogP contribution in [0.4, 0.5) is 14.7 Å². The molecule has 2 aromatic heterocycles. The Kier molecular flexibility index (Phi) is 4.01. The summed E-state index contributed by atoms with van der Waals surface area (Å²) in [5, 5.41) is 6.15. The van der Waals surface area contributed by atoms with Gasteiger partial charge in [-0.1, -0.05) is 5.16 Å². The molecule has 1 amide bonds. The van der Waals surface area contributed by atoms with E-state index in [-0.39, 0.29) is 11.6 Å². The zero-order chi connectivity index (χ0) is 16.2. The highest BCUT2D eigenvalue weighted by atomic mass is 19.2. The smallest absolute Gasteiger partial charge is 0.250 e. The Morgan fingerprint density at radius 2 is 2.04 bits per heavy atom.